The number of hydrogen-bond donors (Lipinski definition) is 1. The lowest BCUT2D eigenvalue weighted by atomic mass is 10.1. The summed E-state index contributed by atoms with van der Waals surface area (Å²) in [6.07, 6.45) is -4.48. The van der Waals surface area contributed by atoms with E-state index in [9.17, 15) is 18.0 Å². The first-order valence-electron chi connectivity index (χ1n) is 5.60. The maximum Gasteiger partial charge on any atom is 0.416 e. The second-order valence-electron chi connectivity index (χ2n) is 4.05. The lowest BCUT2D eigenvalue weighted by molar-refractivity contribution is -0.138. The van der Waals surface area contributed by atoms with Crippen LogP contribution < -0.4 is 0 Å². The number of benzene rings is 1. The number of nitrogens with zero attached hydrogens (tertiary/aromatic N) is 4. The number of halogens is 3. The van der Waals surface area contributed by atoms with Crippen LogP contribution in [0.1, 0.15) is 11.1 Å². The highest BCUT2D eigenvalue weighted by molar-refractivity contribution is 7.99. The SMILES string of the molecule is Cc1ccc(-n2nnnc2SCC(=O)O)cc1C(F)(F)F. The van der Waals surface area contributed by atoms with E-state index in [0.717, 1.165) is 22.5 Å². The number of rotatable bonds is 4. The monoisotopic (exact) mass is 318 g/mol. The van der Waals surface area contributed by atoms with E-state index < -0.39 is 17.7 Å². The van der Waals surface area contributed by atoms with Crippen molar-refractivity contribution in [2.75, 3.05) is 5.75 Å². The Morgan fingerprint density at radius 1 is 1.43 bits per heavy atom. The Morgan fingerprint density at radius 2 is 2.14 bits per heavy atom. The molecule has 0 aliphatic heterocycles. The molecule has 6 nitrogen and oxygen atoms in total. The molecule has 0 spiro atoms. The van der Waals surface area contributed by atoms with Crippen molar-refractivity contribution in [3.63, 3.8) is 0 Å². The number of carboxylic acid groups (broad SMARTS) is 1. The van der Waals surface area contributed by atoms with Crippen molar-refractivity contribution in [2.45, 2.75) is 18.3 Å². The molecule has 0 fully saturated rings. The molecule has 0 unspecified atom stereocenters. The zero-order valence-corrected chi connectivity index (χ0v) is 11.4. The van der Waals surface area contributed by atoms with E-state index in [1.807, 2.05) is 0 Å². The number of thioether (sulfide) groups is 1. The quantitative estimate of drug-likeness (QED) is 0.870. The van der Waals surface area contributed by atoms with Crippen molar-refractivity contribution in [1.29, 1.82) is 0 Å². The van der Waals surface area contributed by atoms with E-state index in [2.05, 4.69) is 15.5 Å². The molecule has 1 aromatic carbocycles. The van der Waals surface area contributed by atoms with Gasteiger partial charge in [-0.1, -0.05) is 17.8 Å². The van der Waals surface area contributed by atoms with Gasteiger partial charge in [0, 0.05) is 0 Å². The van der Waals surface area contributed by atoms with Crippen LogP contribution in [0.15, 0.2) is 23.4 Å². The van der Waals surface area contributed by atoms with Gasteiger partial charge >= 0.3 is 12.1 Å². The first-order chi connectivity index (χ1) is 9.79. The minimum atomic E-state index is -4.48. The molecule has 0 aliphatic rings. The Kier molecular flexibility index (Phi) is 4.16. The first kappa shape index (κ1) is 15.3. The van der Waals surface area contributed by atoms with Gasteiger partial charge in [-0.2, -0.15) is 17.9 Å². The van der Waals surface area contributed by atoms with E-state index in [-0.39, 0.29) is 22.2 Å². The molecule has 0 bridgehead atoms. The van der Waals surface area contributed by atoms with E-state index in [1.54, 1.807) is 0 Å². The number of carboxylic acids is 1. The van der Waals surface area contributed by atoms with E-state index in [4.69, 9.17) is 5.11 Å². The van der Waals surface area contributed by atoms with Crippen LogP contribution in [0.2, 0.25) is 0 Å². The first-order valence-corrected chi connectivity index (χ1v) is 6.59. The molecule has 0 amide bonds. The molecule has 10 heteroatoms. The van der Waals surface area contributed by atoms with Crippen molar-refractivity contribution in [3.8, 4) is 5.69 Å². The molecule has 0 aliphatic carbocycles. The van der Waals surface area contributed by atoms with Gasteiger partial charge in [-0.15, -0.1) is 5.10 Å². The number of aryl methyl sites for hydroxylation is 1. The maximum absolute atomic E-state index is 12.9. The third kappa shape index (κ3) is 3.51. The molecule has 0 saturated heterocycles. The highest BCUT2D eigenvalue weighted by atomic mass is 32.2. The summed E-state index contributed by atoms with van der Waals surface area (Å²) >= 11 is 0.820. The fraction of sp³-hybridized carbons (Fsp3) is 0.273. The molecule has 112 valence electrons. The summed E-state index contributed by atoms with van der Waals surface area (Å²) in [5, 5.41) is 19.3. The van der Waals surface area contributed by atoms with Gasteiger partial charge in [0.15, 0.2) is 0 Å². The van der Waals surface area contributed by atoms with Crippen LogP contribution in [-0.2, 0) is 11.0 Å². The fourth-order valence-electron chi connectivity index (χ4n) is 1.60. The molecule has 1 heterocycles. The number of alkyl halides is 3. The molecule has 2 rings (SSSR count). The number of carbonyl (C=O) groups is 1. The van der Waals surface area contributed by atoms with Gasteiger partial charge < -0.3 is 5.11 Å². The number of aliphatic carboxylic acids is 1. The fourth-order valence-corrected chi connectivity index (χ4v) is 2.22. The van der Waals surface area contributed by atoms with Crippen molar-refractivity contribution >= 4 is 17.7 Å². The highest BCUT2D eigenvalue weighted by Crippen LogP contribution is 2.33. The van der Waals surface area contributed by atoms with Crippen LogP contribution in [0.5, 0.6) is 0 Å². The smallest absolute Gasteiger partial charge is 0.416 e. The third-order valence-electron chi connectivity index (χ3n) is 2.54. The Hall–Kier alpha value is -2.10. The van der Waals surface area contributed by atoms with Gasteiger partial charge in [0.1, 0.15) is 0 Å². The largest absolute Gasteiger partial charge is 0.481 e. The topological polar surface area (TPSA) is 80.9 Å². The molecule has 1 aromatic heterocycles. The van der Waals surface area contributed by atoms with Crippen LogP contribution in [0, 0.1) is 6.92 Å². The molecular formula is C11H9F3N4O2S. The van der Waals surface area contributed by atoms with Crippen LogP contribution in [-0.4, -0.2) is 37.0 Å². The summed E-state index contributed by atoms with van der Waals surface area (Å²) in [5.74, 6) is -1.37. The Morgan fingerprint density at radius 3 is 2.76 bits per heavy atom. The maximum atomic E-state index is 12.9. The van der Waals surface area contributed by atoms with Gasteiger partial charge in [-0.05, 0) is 35.0 Å². The van der Waals surface area contributed by atoms with Crippen molar-refractivity contribution in [1.82, 2.24) is 20.2 Å². The summed E-state index contributed by atoms with van der Waals surface area (Å²) < 4.78 is 39.7. The van der Waals surface area contributed by atoms with E-state index in [1.165, 1.54) is 19.1 Å². The minimum Gasteiger partial charge on any atom is -0.481 e. The number of tetrazole rings is 1. The standard InChI is InChI=1S/C11H9F3N4O2S/c1-6-2-3-7(4-8(6)11(12,13)14)18-10(15-16-17-18)21-5-9(19)20/h2-4H,5H2,1H3,(H,19,20). The second-order valence-corrected chi connectivity index (χ2v) is 5.00. The lowest BCUT2D eigenvalue weighted by Crippen LogP contribution is -2.10. The second kappa shape index (κ2) is 5.72. The average Bonchev–Trinajstić information content (AvgIpc) is 2.84. The predicted molar refractivity (Wildman–Crippen MR) is 67.3 cm³/mol. The molecular weight excluding hydrogens is 309 g/mol. The Bertz CT molecular complexity index is 672. The van der Waals surface area contributed by atoms with Crippen molar-refractivity contribution < 1.29 is 23.1 Å². The normalized spacial score (nSPS) is 11.6. The molecule has 1 N–H and O–H groups in total. The van der Waals surface area contributed by atoms with Crippen molar-refractivity contribution in [2.24, 2.45) is 0 Å². The van der Waals surface area contributed by atoms with Gasteiger partial charge in [-0.25, -0.2) is 0 Å². The summed E-state index contributed by atoms with van der Waals surface area (Å²) in [6.45, 7) is 1.35. The van der Waals surface area contributed by atoms with Crippen LogP contribution in [0.3, 0.4) is 0 Å². The predicted octanol–water partition coefficient (Wildman–Crippen LogP) is 2.17. The van der Waals surface area contributed by atoms with Gasteiger partial charge in [0.05, 0.1) is 17.0 Å². The van der Waals surface area contributed by atoms with Crippen LogP contribution in [0.4, 0.5) is 13.2 Å². The zero-order chi connectivity index (χ0) is 15.6. The van der Waals surface area contributed by atoms with Crippen LogP contribution >= 0.6 is 11.8 Å². The number of hydrogen-bond acceptors (Lipinski definition) is 5. The van der Waals surface area contributed by atoms with E-state index in [0.29, 0.717) is 0 Å². The van der Waals surface area contributed by atoms with E-state index >= 15 is 0 Å². The molecule has 0 radical (unpaired) electrons. The average molecular weight is 318 g/mol. The minimum absolute atomic E-state index is 0.0825. The summed E-state index contributed by atoms with van der Waals surface area (Å²) in [7, 11) is 0. The summed E-state index contributed by atoms with van der Waals surface area (Å²) in [4.78, 5) is 10.5. The van der Waals surface area contributed by atoms with Gasteiger partial charge in [0.25, 0.3) is 0 Å². The van der Waals surface area contributed by atoms with Gasteiger partial charge in [0.2, 0.25) is 5.16 Å². The Labute approximate surface area is 121 Å². The molecule has 0 saturated carbocycles. The zero-order valence-electron chi connectivity index (χ0n) is 10.6. The Balaban J connectivity index is 2.39. The molecule has 0 atom stereocenters. The highest BCUT2D eigenvalue weighted by Gasteiger charge is 2.32. The van der Waals surface area contributed by atoms with Gasteiger partial charge in [-0.3, -0.25) is 4.79 Å². The summed E-state index contributed by atoms with van der Waals surface area (Å²) in [5.41, 5.74) is -0.588. The van der Waals surface area contributed by atoms with Crippen LogP contribution in [0.25, 0.3) is 5.69 Å². The summed E-state index contributed by atoms with van der Waals surface area (Å²) in [6, 6.07) is 3.67. The van der Waals surface area contributed by atoms with Crippen molar-refractivity contribution in [3.05, 3.63) is 29.3 Å². The third-order valence-corrected chi connectivity index (χ3v) is 3.44. The number of aromatic nitrogens is 4. The lowest BCUT2D eigenvalue weighted by Gasteiger charge is -2.12. The molecule has 21 heavy (non-hydrogen) atoms. The molecule has 2 aromatic rings.